The maximum absolute atomic E-state index is 11.6. The van der Waals surface area contributed by atoms with Crippen LogP contribution in [0.3, 0.4) is 0 Å². The van der Waals surface area contributed by atoms with E-state index in [4.69, 9.17) is 5.73 Å². The first kappa shape index (κ1) is 13.4. The number of sulfone groups is 1. The lowest BCUT2D eigenvalue weighted by Crippen LogP contribution is -2.34. The zero-order chi connectivity index (χ0) is 13.3. The van der Waals surface area contributed by atoms with Gasteiger partial charge in [-0.3, -0.25) is 0 Å². The molecule has 1 aromatic rings. The summed E-state index contributed by atoms with van der Waals surface area (Å²) in [5.74, 6) is 0.549. The van der Waals surface area contributed by atoms with E-state index in [-0.39, 0.29) is 11.8 Å². The third-order valence-electron chi connectivity index (χ3n) is 3.65. The summed E-state index contributed by atoms with van der Waals surface area (Å²) < 4.78 is 23.1. The van der Waals surface area contributed by atoms with Crippen LogP contribution in [0.4, 0.5) is 5.69 Å². The molecule has 1 fully saturated rings. The molecule has 2 N–H and O–H groups in total. The maximum atomic E-state index is 11.6. The Hall–Kier alpha value is -1.07. The maximum Gasteiger partial charge on any atom is 0.152 e. The summed E-state index contributed by atoms with van der Waals surface area (Å²) in [7, 11) is -0.889. The Morgan fingerprint density at radius 2 is 2.17 bits per heavy atom. The normalized spacial score (nSPS) is 22.1. The zero-order valence-corrected chi connectivity index (χ0v) is 11.7. The van der Waals surface area contributed by atoms with Crippen LogP contribution in [0.2, 0.25) is 0 Å². The van der Waals surface area contributed by atoms with Crippen molar-refractivity contribution in [2.75, 3.05) is 23.5 Å². The minimum absolute atomic E-state index is 0.0707. The summed E-state index contributed by atoms with van der Waals surface area (Å²) in [5.41, 5.74) is 9.06. The number of nitrogens with two attached hydrogens (primary N) is 1. The second-order valence-electron chi connectivity index (χ2n) is 4.95. The van der Waals surface area contributed by atoms with Gasteiger partial charge in [-0.2, -0.15) is 0 Å². The number of rotatable bonds is 3. The highest BCUT2D eigenvalue weighted by Crippen LogP contribution is 2.29. The van der Waals surface area contributed by atoms with Gasteiger partial charge in [-0.05, 0) is 24.5 Å². The minimum Gasteiger partial charge on any atom is -0.370 e. The van der Waals surface area contributed by atoms with Crippen molar-refractivity contribution < 1.29 is 8.42 Å². The van der Waals surface area contributed by atoms with E-state index in [1.54, 1.807) is 0 Å². The zero-order valence-electron chi connectivity index (χ0n) is 10.9. The molecule has 0 aromatic heterocycles. The third kappa shape index (κ3) is 2.52. The topological polar surface area (TPSA) is 63.4 Å². The molecular formula is C13H20N2O2S. The summed E-state index contributed by atoms with van der Waals surface area (Å²) >= 11 is 0. The smallest absolute Gasteiger partial charge is 0.152 e. The summed E-state index contributed by atoms with van der Waals surface area (Å²) in [6.07, 6.45) is 0.706. The summed E-state index contributed by atoms with van der Waals surface area (Å²) in [6.45, 7) is 2.51. The van der Waals surface area contributed by atoms with Crippen molar-refractivity contribution in [1.29, 1.82) is 0 Å². The predicted octanol–water partition coefficient (Wildman–Crippen LogP) is 1.08. The van der Waals surface area contributed by atoms with Gasteiger partial charge >= 0.3 is 0 Å². The fourth-order valence-electron chi connectivity index (χ4n) is 2.65. The van der Waals surface area contributed by atoms with Crippen molar-refractivity contribution in [3.05, 3.63) is 29.3 Å². The lowest BCUT2D eigenvalue weighted by Gasteiger charge is -2.29. The van der Waals surface area contributed by atoms with Gasteiger partial charge in [-0.15, -0.1) is 0 Å². The SMILES string of the molecule is Cc1cccc(CN)c1N(C)C1CCS(=O)(=O)C1. The largest absolute Gasteiger partial charge is 0.370 e. The van der Waals surface area contributed by atoms with Gasteiger partial charge in [0.2, 0.25) is 0 Å². The van der Waals surface area contributed by atoms with Gasteiger partial charge in [0, 0.05) is 25.3 Å². The molecule has 1 aliphatic rings. The van der Waals surface area contributed by atoms with Crippen LogP contribution in [0.5, 0.6) is 0 Å². The Bertz CT molecular complexity index is 540. The van der Waals surface area contributed by atoms with Crippen LogP contribution in [0.15, 0.2) is 18.2 Å². The van der Waals surface area contributed by atoms with Gasteiger partial charge in [-0.1, -0.05) is 18.2 Å². The Balaban J connectivity index is 2.32. The van der Waals surface area contributed by atoms with Crippen LogP contribution >= 0.6 is 0 Å². The number of aryl methyl sites for hydroxylation is 1. The second kappa shape index (κ2) is 4.90. The first-order valence-electron chi connectivity index (χ1n) is 6.16. The number of nitrogens with zero attached hydrogens (tertiary/aromatic N) is 1. The van der Waals surface area contributed by atoms with Gasteiger partial charge in [0.1, 0.15) is 0 Å². The van der Waals surface area contributed by atoms with E-state index < -0.39 is 9.84 Å². The molecule has 0 radical (unpaired) electrons. The second-order valence-corrected chi connectivity index (χ2v) is 7.18. The molecule has 0 spiro atoms. The van der Waals surface area contributed by atoms with Crippen molar-refractivity contribution in [1.82, 2.24) is 0 Å². The molecule has 0 aliphatic carbocycles. The molecule has 1 saturated heterocycles. The monoisotopic (exact) mass is 268 g/mol. The molecule has 1 atom stereocenters. The molecule has 4 nitrogen and oxygen atoms in total. The molecule has 0 amide bonds. The molecule has 1 aromatic carbocycles. The first-order valence-corrected chi connectivity index (χ1v) is 7.98. The standard InChI is InChI=1S/C13H20N2O2S/c1-10-4-3-5-11(8-14)13(10)15(2)12-6-7-18(16,17)9-12/h3-5,12H,6-9,14H2,1-2H3. The Labute approximate surface area is 109 Å². The molecule has 1 unspecified atom stereocenters. The van der Waals surface area contributed by atoms with Gasteiger partial charge in [0.05, 0.1) is 11.5 Å². The fraction of sp³-hybridized carbons (Fsp3) is 0.538. The van der Waals surface area contributed by atoms with Gasteiger partial charge < -0.3 is 10.6 Å². The van der Waals surface area contributed by atoms with E-state index in [1.165, 1.54) is 0 Å². The highest BCUT2D eigenvalue weighted by molar-refractivity contribution is 7.91. The summed E-state index contributed by atoms with van der Waals surface area (Å²) in [6, 6.07) is 6.10. The third-order valence-corrected chi connectivity index (χ3v) is 5.40. The lowest BCUT2D eigenvalue weighted by atomic mass is 10.1. The van der Waals surface area contributed by atoms with Crippen LogP contribution in [0.1, 0.15) is 17.5 Å². The van der Waals surface area contributed by atoms with Crippen molar-refractivity contribution in [3.8, 4) is 0 Å². The predicted molar refractivity (Wildman–Crippen MR) is 74.5 cm³/mol. The highest BCUT2D eigenvalue weighted by Gasteiger charge is 2.31. The van der Waals surface area contributed by atoms with Crippen LogP contribution in [0.25, 0.3) is 0 Å². The average Bonchev–Trinajstić information content (AvgIpc) is 2.68. The number of anilines is 1. The van der Waals surface area contributed by atoms with Crippen LogP contribution < -0.4 is 10.6 Å². The molecule has 100 valence electrons. The summed E-state index contributed by atoms with van der Waals surface area (Å²) in [5, 5.41) is 0. The number of para-hydroxylation sites is 1. The number of benzene rings is 1. The van der Waals surface area contributed by atoms with Crippen molar-refractivity contribution in [2.24, 2.45) is 5.73 Å². The van der Waals surface area contributed by atoms with Gasteiger partial charge in [0.15, 0.2) is 9.84 Å². The van der Waals surface area contributed by atoms with Crippen LogP contribution in [-0.2, 0) is 16.4 Å². The fourth-order valence-corrected chi connectivity index (χ4v) is 4.43. The number of hydrogen-bond acceptors (Lipinski definition) is 4. The van der Waals surface area contributed by atoms with Gasteiger partial charge in [0.25, 0.3) is 0 Å². The van der Waals surface area contributed by atoms with Crippen molar-refractivity contribution in [2.45, 2.75) is 25.9 Å². The highest BCUT2D eigenvalue weighted by atomic mass is 32.2. The molecule has 2 rings (SSSR count). The van der Waals surface area contributed by atoms with E-state index in [1.807, 2.05) is 32.2 Å². The molecule has 1 heterocycles. The first-order chi connectivity index (χ1) is 8.44. The van der Waals surface area contributed by atoms with Crippen LogP contribution in [0, 0.1) is 6.92 Å². The Morgan fingerprint density at radius 1 is 1.44 bits per heavy atom. The average molecular weight is 268 g/mol. The molecule has 0 saturated carbocycles. The molecule has 1 aliphatic heterocycles. The van der Waals surface area contributed by atoms with Crippen molar-refractivity contribution >= 4 is 15.5 Å². The Kier molecular flexibility index (Phi) is 3.64. The van der Waals surface area contributed by atoms with E-state index in [9.17, 15) is 8.42 Å². The summed E-state index contributed by atoms with van der Waals surface area (Å²) in [4.78, 5) is 2.09. The van der Waals surface area contributed by atoms with E-state index in [0.29, 0.717) is 18.7 Å². The molecular weight excluding hydrogens is 248 g/mol. The molecule has 18 heavy (non-hydrogen) atoms. The van der Waals surface area contributed by atoms with Crippen LogP contribution in [-0.4, -0.2) is 33.0 Å². The van der Waals surface area contributed by atoms with E-state index >= 15 is 0 Å². The molecule has 5 heteroatoms. The van der Waals surface area contributed by atoms with Crippen molar-refractivity contribution in [3.63, 3.8) is 0 Å². The Morgan fingerprint density at radius 3 is 2.72 bits per heavy atom. The van der Waals surface area contributed by atoms with Gasteiger partial charge in [-0.25, -0.2) is 8.42 Å². The van der Waals surface area contributed by atoms with E-state index in [0.717, 1.165) is 16.8 Å². The molecule has 0 bridgehead atoms. The number of hydrogen-bond donors (Lipinski definition) is 1. The van der Waals surface area contributed by atoms with E-state index in [2.05, 4.69) is 4.90 Å². The minimum atomic E-state index is -2.85. The quantitative estimate of drug-likeness (QED) is 0.891. The lowest BCUT2D eigenvalue weighted by molar-refractivity contribution is 0.600.